The van der Waals surface area contributed by atoms with Crippen LogP contribution in [0.25, 0.3) is 11.4 Å². The number of rotatable bonds is 3. The highest BCUT2D eigenvalue weighted by Crippen LogP contribution is 2.34. The van der Waals surface area contributed by atoms with Crippen molar-refractivity contribution < 1.29 is 4.74 Å². The number of fused-ring (bicyclic) bond motifs is 1. The van der Waals surface area contributed by atoms with Crippen LogP contribution in [-0.2, 0) is 11.2 Å². The molecule has 0 saturated carbocycles. The molecule has 0 bridgehead atoms. The number of ether oxygens (including phenoxy) is 1. The fourth-order valence-electron chi connectivity index (χ4n) is 2.60. The summed E-state index contributed by atoms with van der Waals surface area (Å²) >= 11 is 0. The van der Waals surface area contributed by atoms with Gasteiger partial charge in [0.2, 0.25) is 0 Å². The molecular formula is C14H17N3O. The number of hydrogen-bond acceptors (Lipinski definition) is 3. The molecule has 4 heteroatoms. The molecule has 1 aromatic heterocycles. The molecule has 0 aliphatic carbocycles. The van der Waals surface area contributed by atoms with Crippen molar-refractivity contribution in [3.63, 3.8) is 0 Å². The van der Waals surface area contributed by atoms with Crippen LogP contribution in [0.3, 0.4) is 0 Å². The number of benzene rings is 1. The fraction of sp³-hybridized carbons (Fsp3) is 0.357. The van der Waals surface area contributed by atoms with E-state index in [4.69, 9.17) is 10.5 Å². The van der Waals surface area contributed by atoms with Crippen LogP contribution < -0.4 is 5.73 Å². The second-order valence-electron chi connectivity index (χ2n) is 4.50. The first kappa shape index (κ1) is 11.4. The molecule has 0 radical (unpaired) electrons. The summed E-state index contributed by atoms with van der Waals surface area (Å²) in [5.74, 6) is 0.931. The third-order valence-electron chi connectivity index (χ3n) is 3.41. The first-order valence-corrected chi connectivity index (χ1v) is 6.33. The zero-order chi connectivity index (χ0) is 12.4. The minimum absolute atomic E-state index is 0.133. The lowest BCUT2D eigenvalue weighted by Gasteiger charge is -2.27. The second-order valence-corrected chi connectivity index (χ2v) is 4.50. The number of nitrogens with zero attached hydrogens (tertiary/aromatic N) is 1. The van der Waals surface area contributed by atoms with Gasteiger partial charge in [0, 0.05) is 18.0 Å². The van der Waals surface area contributed by atoms with E-state index in [1.165, 1.54) is 16.7 Å². The maximum atomic E-state index is 5.81. The van der Waals surface area contributed by atoms with E-state index in [0.29, 0.717) is 6.54 Å². The summed E-state index contributed by atoms with van der Waals surface area (Å²) in [5, 5.41) is 0. The van der Waals surface area contributed by atoms with E-state index in [1.807, 2.05) is 6.20 Å². The summed E-state index contributed by atoms with van der Waals surface area (Å²) < 4.78 is 5.81. The maximum Gasteiger partial charge on any atom is 0.137 e. The lowest BCUT2D eigenvalue weighted by atomic mass is 9.91. The fourth-order valence-corrected chi connectivity index (χ4v) is 2.60. The van der Waals surface area contributed by atoms with Gasteiger partial charge in [0.05, 0.1) is 12.7 Å². The molecular weight excluding hydrogens is 226 g/mol. The van der Waals surface area contributed by atoms with Crippen LogP contribution in [0.5, 0.6) is 0 Å². The van der Waals surface area contributed by atoms with Gasteiger partial charge in [0.15, 0.2) is 0 Å². The van der Waals surface area contributed by atoms with Gasteiger partial charge in [0.25, 0.3) is 0 Å². The third-order valence-corrected chi connectivity index (χ3v) is 3.41. The van der Waals surface area contributed by atoms with Crippen LogP contribution in [0.2, 0.25) is 0 Å². The quantitative estimate of drug-likeness (QED) is 0.867. The summed E-state index contributed by atoms with van der Waals surface area (Å²) in [6, 6.07) is 6.32. The maximum absolute atomic E-state index is 5.81. The van der Waals surface area contributed by atoms with Crippen molar-refractivity contribution in [2.24, 2.45) is 5.73 Å². The van der Waals surface area contributed by atoms with Crippen molar-refractivity contribution in [2.75, 3.05) is 13.2 Å². The SMILES string of the molecule is NCC[C@@H]1OCCc2c(-c3ncc[nH]3)cccc21. The number of H-pyrrole nitrogens is 1. The molecule has 3 N–H and O–H groups in total. The Kier molecular flexibility index (Phi) is 3.13. The van der Waals surface area contributed by atoms with Gasteiger partial charge in [-0.2, -0.15) is 0 Å². The molecule has 1 aliphatic heterocycles. The normalized spacial score (nSPS) is 18.6. The standard InChI is InChI=1S/C14H17N3O/c15-6-4-13-11-2-1-3-12(10(11)5-9-18-13)14-16-7-8-17-14/h1-3,7-8,13H,4-6,9,15H2,(H,16,17)/t13-/m0/s1. The average molecular weight is 243 g/mol. The Morgan fingerprint density at radius 1 is 1.44 bits per heavy atom. The largest absolute Gasteiger partial charge is 0.373 e. The van der Waals surface area contributed by atoms with Crippen LogP contribution in [0.15, 0.2) is 30.6 Å². The minimum atomic E-state index is 0.133. The van der Waals surface area contributed by atoms with Crippen LogP contribution in [0, 0.1) is 0 Å². The number of aromatic nitrogens is 2. The van der Waals surface area contributed by atoms with Gasteiger partial charge >= 0.3 is 0 Å². The zero-order valence-electron chi connectivity index (χ0n) is 10.2. The molecule has 0 spiro atoms. The molecule has 0 unspecified atom stereocenters. The Hall–Kier alpha value is -1.65. The van der Waals surface area contributed by atoms with E-state index in [2.05, 4.69) is 28.2 Å². The van der Waals surface area contributed by atoms with Crippen molar-refractivity contribution in [2.45, 2.75) is 18.9 Å². The van der Waals surface area contributed by atoms with E-state index in [0.717, 1.165) is 25.3 Å². The van der Waals surface area contributed by atoms with Gasteiger partial charge in [-0.25, -0.2) is 4.98 Å². The van der Waals surface area contributed by atoms with Crippen molar-refractivity contribution in [3.8, 4) is 11.4 Å². The highest BCUT2D eigenvalue weighted by molar-refractivity contribution is 5.63. The molecule has 2 aromatic rings. The highest BCUT2D eigenvalue weighted by atomic mass is 16.5. The molecule has 1 aromatic carbocycles. The molecule has 94 valence electrons. The van der Waals surface area contributed by atoms with E-state index < -0.39 is 0 Å². The first-order chi connectivity index (χ1) is 8.90. The Labute approximate surface area is 106 Å². The highest BCUT2D eigenvalue weighted by Gasteiger charge is 2.23. The van der Waals surface area contributed by atoms with Crippen molar-refractivity contribution >= 4 is 0 Å². The monoisotopic (exact) mass is 243 g/mol. The molecule has 3 rings (SSSR count). The van der Waals surface area contributed by atoms with Crippen molar-refractivity contribution in [1.82, 2.24) is 9.97 Å². The Morgan fingerprint density at radius 2 is 2.39 bits per heavy atom. The predicted molar refractivity (Wildman–Crippen MR) is 70.1 cm³/mol. The number of nitrogens with two attached hydrogens (primary N) is 1. The van der Waals surface area contributed by atoms with Gasteiger partial charge in [-0.1, -0.05) is 18.2 Å². The topological polar surface area (TPSA) is 63.9 Å². The lowest BCUT2D eigenvalue weighted by Crippen LogP contribution is -2.19. The molecule has 2 heterocycles. The summed E-state index contributed by atoms with van der Waals surface area (Å²) in [6.45, 7) is 1.41. The molecule has 0 amide bonds. The lowest BCUT2D eigenvalue weighted by molar-refractivity contribution is 0.0384. The zero-order valence-corrected chi connectivity index (χ0v) is 10.2. The van der Waals surface area contributed by atoms with Gasteiger partial charge < -0.3 is 15.5 Å². The van der Waals surface area contributed by atoms with E-state index in [-0.39, 0.29) is 6.10 Å². The van der Waals surface area contributed by atoms with Crippen LogP contribution in [0.1, 0.15) is 23.7 Å². The summed E-state index contributed by atoms with van der Waals surface area (Å²) in [7, 11) is 0. The van der Waals surface area contributed by atoms with Crippen LogP contribution in [0.4, 0.5) is 0 Å². The van der Waals surface area contributed by atoms with E-state index >= 15 is 0 Å². The number of nitrogens with one attached hydrogen (secondary N) is 1. The summed E-state index contributed by atoms with van der Waals surface area (Å²) in [5.41, 5.74) is 9.44. The third kappa shape index (κ3) is 1.94. The molecule has 4 nitrogen and oxygen atoms in total. The van der Waals surface area contributed by atoms with Gasteiger partial charge in [-0.3, -0.25) is 0 Å². The van der Waals surface area contributed by atoms with Gasteiger partial charge in [0.1, 0.15) is 5.82 Å². The molecule has 1 aliphatic rings. The molecule has 0 saturated heterocycles. The smallest absolute Gasteiger partial charge is 0.137 e. The van der Waals surface area contributed by atoms with Crippen LogP contribution >= 0.6 is 0 Å². The Bertz CT molecular complexity index is 522. The van der Waals surface area contributed by atoms with Crippen LogP contribution in [-0.4, -0.2) is 23.1 Å². The summed E-state index contributed by atoms with van der Waals surface area (Å²) in [6.07, 6.45) is 5.58. The first-order valence-electron chi connectivity index (χ1n) is 6.33. The van der Waals surface area contributed by atoms with Crippen molar-refractivity contribution in [1.29, 1.82) is 0 Å². The average Bonchev–Trinajstić information content (AvgIpc) is 2.93. The number of imidazole rings is 1. The minimum Gasteiger partial charge on any atom is -0.373 e. The molecule has 18 heavy (non-hydrogen) atoms. The second kappa shape index (κ2) is 4.92. The molecule has 0 fully saturated rings. The Balaban J connectivity index is 2.06. The number of hydrogen-bond donors (Lipinski definition) is 2. The summed E-state index contributed by atoms with van der Waals surface area (Å²) in [4.78, 5) is 7.52. The Morgan fingerprint density at radius 3 is 3.17 bits per heavy atom. The van der Waals surface area contributed by atoms with Gasteiger partial charge in [-0.05, 0) is 30.5 Å². The predicted octanol–water partition coefficient (Wildman–Crippen LogP) is 2.04. The van der Waals surface area contributed by atoms with E-state index in [1.54, 1.807) is 6.20 Å². The number of aromatic amines is 1. The van der Waals surface area contributed by atoms with Gasteiger partial charge in [-0.15, -0.1) is 0 Å². The molecule has 1 atom stereocenters. The van der Waals surface area contributed by atoms with E-state index in [9.17, 15) is 0 Å². The van der Waals surface area contributed by atoms with Crippen molar-refractivity contribution in [3.05, 3.63) is 41.7 Å².